The van der Waals surface area contributed by atoms with E-state index >= 15 is 0 Å². The predicted molar refractivity (Wildman–Crippen MR) is 297 cm³/mol. The fourth-order valence-corrected chi connectivity index (χ4v) is 11.2. The Labute approximate surface area is 443 Å². The van der Waals surface area contributed by atoms with Crippen molar-refractivity contribution in [2.45, 2.75) is 63.4 Å². The number of benzene rings is 6. The highest BCUT2D eigenvalue weighted by Gasteiger charge is 2.19. The molecule has 6 aromatic carbocycles. The summed E-state index contributed by atoms with van der Waals surface area (Å²) in [7, 11) is -7.15. The van der Waals surface area contributed by atoms with Crippen LogP contribution in [0.4, 0.5) is 23.3 Å². The number of likely N-dealkylation sites (tertiary alicyclic amines) is 2. The lowest BCUT2D eigenvalue weighted by atomic mass is 9.98. The number of carbonyl (C=O) groups is 1. The SMILES string of the molecule is C.Cc1cc2nc(Nc3ccc(S(=O)(=O)NCCN4CCCC4)cc3)nnc2cc1-c1cccc(C(N)=O)c1.Cc1cc2nc(Nc3ccc(S(=O)(=O)NCCN4CCCC4)cc3)nnc2cc1-c1cccc(CO)c1. The molecule has 2 aliphatic heterocycles. The van der Waals surface area contributed by atoms with Gasteiger partial charge < -0.3 is 31.3 Å². The smallest absolute Gasteiger partial charge is 0.248 e. The average Bonchev–Trinajstić information content (AvgIpc) is 4.15. The van der Waals surface area contributed by atoms with Crippen molar-refractivity contribution in [2.24, 2.45) is 5.73 Å². The molecule has 396 valence electrons. The van der Waals surface area contributed by atoms with E-state index in [-0.39, 0.29) is 23.8 Å². The highest BCUT2D eigenvalue weighted by atomic mass is 32.2. The molecule has 0 spiro atoms. The van der Waals surface area contributed by atoms with E-state index < -0.39 is 26.0 Å². The molecule has 21 heteroatoms. The molecule has 2 aromatic heterocycles. The van der Waals surface area contributed by atoms with Crippen molar-refractivity contribution in [3.63, 3.8) is 0 Å². The number of hydrogen-bond acceptors (Lipinski definition) is 16. The van der Waals surface area contributed by atoms with Gasteiger partial charge in [0.05, 0.1) is 27.4 Å². The van der Waals surface area contributed by atoms with Crippen molar-refractivity contribution in [1.29, 1.82) is 0 Å². The quantitative estimate of drug-likeness (QED) is 0.0487. The van der Waals surface area contributed by atoms with Crippen molar-refractivity contribution in [2.75, 3.05) is 63.0 Å². The number of nitrogens with one attached hydrogen (secondary N) is 4. The Morgan fingerprint density at radius 3 is 1.43 bits per heavy atom. The van der Waals surface area contributed by atoms with E-state index in [0.29, 0.717) is 70.5 Å². The molecule has 7 N–H and O–H groups in total. The normalized spacial score (nSPS) is 14.0. The molecular weight excluding hydrogens is 1000 g/mol. The molecule has 2 aliphatic rings. The largest absolute Gasteiger partial charge is 0.392 e. The molecule has 2 saturated heterocycles. The summed E-state index contributed by atoms with van der Waals surface area (Å²) in [6, 6.07) is 35.5. The van der Waals surface area contributed by atoms with Crippen molar-refractivity contribution < 1.29 is 26.7 Å². The lowest BCUT2D eigenvalue weighted by molar-refractivity contribution is 0.1000. The number of rotatable bonds is 18. The first-order valence-corrected chi connectivity index (χ1v) is 27.8. The topological polar surface area (TPSA) is 264 Å². The van der Waals surface area contributed by atoms with Crippen LogP contribution in [0.25, 0.3) is 44.3 Å². The van der Waals surface area contributed by atoms with Gasteiger partial charge in [-0.15, -0.1) is 20.4 Å². The van der Waals surface area contributed by atoms with E-state index in [2.05, 4.69) is 60.2 Å². The summed E-state index contributed by atoms with van der Waals surface area (Å²) in [5, 5.41) is 32.7. The molecule has 1 amide bonds. The minimum atomic E-state index is -3.58. The van der Waals surface area contributed by atoms with Crippen LogP contribution in [0.1, 0.15) is 60.2 Å². The summed E-state index contributed by atoms with van der Waals surface area (Å²) in [4.78, 5) is 25.7. The fraction of sp³-hybridized carbons (Fsp3) is 0.291. The van der Waals surface area contributed by atoms with Gasteiger partial charge in [0, 0.05) is 43.1 Å². The number of anilines is 4. The molecule has 0 radical (unpaired) electrons. The average molecular weight is 1070 g/mol. The number of sulfonamides is 2. The first kappa shape index (κ1) is 54.9. The molecule has 4 heterocycles. The zero-order chi connectivity index (χ0) is 52.5. The number of fused-ring (bicyclic) bond motifs is 2. The van der Waals surface area contributed by atoms with Crippen LogP contribution in [0.3, 0.4) is 0 Å². The zero-order valence-corrected chi connectivity index (χ0v) is 43.3. The van der Waals surface area contributed by atoms with Crippen LogP contribution in [0.2, 0.25) is 0 Å². The summed E-state index contributed by atoms with van der Waals surface area (Å²) in [6.45, 7) is 10.3. The van der Waals surface area contributed by atoms with E-state index in [1.165, 1.54) is 25.7 Å². The molecule has 76 heavy (non-hydrogen) atoms. The Bertz CT molecular complexity index is 3560. The van der Waals surface area contributed by atoms with E-state index in [1.54, 1.807) is 66.7 Å². The van der Waals surface area contributed by atoms with Crippen LogP contribution in [0.15, 0.2) is 131 Å². The second kappa shape index (κ2) is 24.5. The number of aromatic nitrogens is 6. The molecule has 10 rings (SSSR count). The molecule has 8 aromatic rings. The standard InChI is InChI=1S/C27H29N7O3S.C27H30N6O3S.CH4/c1-18-15-24-25(17-23(18)19-5-4-6-20(16-19)26(28)35)32-33-27(31-24)30-21-7-9-22(10-8-21)38(36,37)29-11-14-34-12-2-3-13-34;1-19-15-25-26(17-24(19)21-6-4-5-20(16-21)18-34)31-32-27(30-25)29-22-7-9-23(10-8-22)37(35,36)28-11-14-33-12-2-3-13-33;/h4-10,15-17,29H,2-3,11-14H2,1H3,(H2,28,35)(H,30,31,33);4-10,15-17,28,34H,2-3,11-14,18H2,1H3,(H,29,30,32);1H4. The highest BCUT2D eigenvalue weighted by Crippen LogP contribution is 2.30. The molecule has 19 nitrogen and oxygen atoms in total. The number of aliphatic hydroxyl groups is 1. The van der Waals surface area contributed by atoms with Gasteiger partial charge in [0.25, 0.3) is 0 Å². The highest BCUT2D eigenvalue weighted by molar-refractivity contribution is 7.89. The van der Waals surface area contributed by atoms with Crippen LogP contribution in [-0.2, 0) is 26.7 Å². The Kier molecular flexibility index (Phi) is 17.7. The van der Waals surface area contributed by atoms with Crippen molar-refractivity contribution in [3.05, 3.63) is 144 Å². The number of primary amides is 1. The molecule has 0 atom stereocenters. The van der Waals surface area contributed by atoms with Gasteiger partial charge in [0.15, 0.2) is 0 Å². The van der Waals surface area contributed by atoms with E-state index in [1.807, 2.05) is 68.4 Å². The summed E-state index contributed by atoms with van der Waals surface area (Å²) in [5.74, 6) is 0.128. The summed E-state index contributed by atoms with van der Waals surface area (Å²) in [5.41, 5.74) is 16.3. The number of nitrogens with two attached hydrogens (primary N) is 1. The van der Waals surface area contributed by atoms with Gasteiger partial charge in [0.1, 0.15) is 11.0 Å². The van der Waals surface area contributed by atoms with Crippen molar-refractivity contribution in [1.82, 2.24) is 49.6 Å². The predicted octanol–water partition coefficient (Wildman–Crippen LogP) is 7.46. The third-order valence-electron chi connectivity index (χ3n) is 13.2. The number of aryl methyl sites for hydroxylation is 2. The Morgan fingerprint density at radius 1 is 0.566 bits per heavy atom. The van der Waals surface area contributed by atoms with E-state index in [9.17, 15) is 26.7 Å². The minimum absolute atomic E-state index is 0. The Hall–Kier alpha value is -7.37. The van der Waals surface area contributed by atoms with Gasteiger partial charge in [-0.3, -0.25) is 4.79 Å². The number of amides is 1. The number of nitrogens with zero attached hydrogens (tertiary/aromatic N) is 8. The molecule has 0 unspecified atom stereocenters. The lowest BCUT2D eigenvalue weighted by Gasteiger charge is -2.15. The van der Waals surface area contributed by atoms with E-state index in [0.717, 1.165) is 71.7 Å². The molecule has 0 saturated carbocycles. The minimum Gasteiger partial charge on any atom is -0.392 e. The van der Waals surface area contributed by atoms with Gasteiger partial charge in [-0.05, 0) is 196 Å². The van der Waals surface area contributed by atoms with Gasteiger partial charge in [-0.25, -0.2) is 36.2 Å². The van der Waals surface area contributed by atoms with Gasteiger partial charge in [0.2, 0.25) is 37.9 Å². The van der Waals surface area contributed by atoms with Crippen molar-refractivity contribution >= 4 is 71.3 Å². The van der Waals surface area contributed by atoms with E-state index in [4.69, 9.17) is 5.73 Å². The number of aliphatic hydroxyl groups excluding tert-OH is 1. The fourth-order valence-electron chi connectivity index (χ4n) is 9.13. The summed E-state index contributed by atoms with van der Waals surface area (Å²) in [6.07, 6.45) is 4.70. The number of carbonyl (C=O) groups excluding carboxylic acids is 1. The number of hydrogen-bond donors (Lipinski definition) is 6. The Morgan fingerprint density at radius 2 is 1.00 bits per heavy atom. The zero-order valence-electron chi connectivity index (χ0n) is 41.7. The van der Waals surface area contributed by atoms with Crippen LogP contribution in [-0.4, -0.2) is 120 Å². The molecule has 0 bridgehead atoms. The van der Waals surface area contributed by atoms with Crippen LogP contribution >= 0.6 is 0 Å². The second-order valence-corrected chi connectivity index (χ2v) is 22.1. The van der Waals surface area contributed by atoms with Gasteiger partial charge in [-0.2, -0.15) is 0 Å². The van der Waals surface area contributed by atoms with Gasteiger partial charge in [-0.1, -0.05) is 37.8 Å². The molecule has 0 aliphatic carbocycles. The maximum absolute atomic E-state index is 12.6. The Balaban J connectivity index is 0.000000199. The first-order valence-electron chi connectivity index (χ1n) is 24.8. The lowest BCUT2D eigenvalue weighted by Crippen LogP contribution is -2.33. The van der Waals surface area contributed by atoms with Crippen LogP contribution in [0, 0.1) is 13.8 Å². The second-order valence-electron chi connectivity index (χ2n) is 18.6. The van der Waals surface area contributed by atoms with Crippen LogP contribution < -0.4 is 25.8 Å². The monoisotopic (exact) mass is 1070 g/mol. The van der Waals surface area contributed by atoms with Crippen molar-refractivity contribution in [3.8, 4) is 22.3 Å². The summed E-state index contributed by atoms with van der Waals surface area (Å²) < 4.78 is 55.9. The summed E-state index contributed by atoms with van der Waals surface area (Å²) >= 11 is 0. The maximum atomic E-state index is 12.6. The third kappa shape index (κ3) is 13.7. The molecular formula is C55H63N13O6S2. The third-order valence-corrected chi connectivity index (χ3v) is 16.1. The molecule has 2 fully saturated rings. The van der Waals surface area contributed by atoms with Crippen LogP contribution in [0.5, 0.6) is 0 Å². The maximum Gasteiger partial charge on any atom is 0.248 e. The first-order chi connectivity index (χ1) is 36.2. The van der Waals surface area contributed by atoms with Gasteiger partial charge >= 0.3 is 0 Å².